The minimum absolute atomic E-state index is 0.00477. The van der Waals surface area contributed by atoms with E-state index in [1.165, 1.54) is 0 Å². The summed E-state index contributed by atoms with van der Waals surface area (Å²) >= 11 is 0. The zero-order valence-electron chi connectivity index (χ0n) is 12.3. The van der Waals surface area contributed by atoms with E-state index in [0.29, 0.717) is 12.6 Å². The molecule has 2 amide bonds. The Labute approximate surface area is 120 Å². The van der Waals surface area contributed by atoms with Crippen molar-refractivity contribution in [2.75, 3.05) is 32.5 Å². The van der Waals surface area contributed by atoms with Crippen LogP contribution in [0.3, 0.4) is 0 Å². The van der Waals surface area contributed by atoms with E-state index in [4.69, 9.17) is 5.73 Å². The second-order valence-electron chi connectivity index (χ2n) is 5.58. The van der Waals surface area contributed by atoms with Crippen LogP contribution in [0, 0.1) is 0 Å². The zero-order chi connectivity index (χ0) is 14.5. The third-order valence-electron chi connectivity index (χ3n) is 3.65. The fourth-order valence-electron chi connectivity index (χ4n) is 2.63. The van der Waals surface area contributed by atoms with Crippen molar-refractivity contribution in [3.8, 4) is 0 Å². The summed E-state index contributed by atoms with van der Waals surface area (Å²) in [5, 5.41) is 2.97. The van der Waals surface area contributed by atoms with Gasteiger partial charge in [-0.05, 0) is 44.6 Å². The molecule has 5 heteroatoms. The number of likely N-dealkylation sites (tertiary alicyclic amines) is 1. The van der Waals surface area contributed by atoms with Gasteiger partial charge in [0.15, 0.2) is 0 Å². The van der Waals surface area contributed by atoms with Crippen LogP contribution >= 0.6 is 0 Å². The summed E-state index contributed by atoms with van der Waals surface area (Å²) in [6.07, 6.45) is 2.16. The number of nitrogens with zero attached hydrogens (tertiary/aromatic N) is 2. The van der Waals surface area contributed by atoms with Crippen molar-refractivity contribution in [3.63, 3.8) is 0 Å². The number of nitrogens with one attached hydrogen (secondary N) is 1. The number of urea groups is 1. The Morgan fingerprint density at radius 3 is 2.70 bits per heavy atom. The molecule has 1 atom stereocenters. The minimum Gasteiger partial charge on any atom is -0.326 e. The molecule has 1 saturated heterocycles. The number of anilines is 1. The van der Waals surface area contributed by atoms with Crippen molar-refractivity contribution in [2.45, 2.75) is 25.4 Å². The summed E-state index contributed by atoms with van der Waals surface area (Å²) in [5.74, 6) is 0. The Morgan fingerprint density at radius 2 is 2.10 bits per heavy atom. The van der Waals surface area contributed by atoms with E-state index < -0.39 is 0 Å². The molecule has 1 aliphatic rings. The van der Waals surface area contributed by atoms with Crippen LogP contribution in [-0.4, -0.2) is 49.1 Å². The number of hydrogen-bond donors (Lipinski definition) is 2. The molecule has 1 aromatic carbocycles. The molecular weight excluding hydrogens is 252 g/mol. The molecule has 0 aromatic heterocycles. The predicted octanol–water partition coefficient (Wildman–Crippen LogP) is 1.70. The summed E-state index contributed by atoms with van der Waals surface area (Å²) in [7, 11) is 4.08. The van der Waals surface area contributed by atoms with Crippen molar-refractivity contribution in [2.24, 2.45) is 5.73 Å². The van der Waals surface area contributed by atoms with Crippen LogP contribution in [0.15, 0.2) is 24.3 Å². The SMILES string of the molecule is CN(C)CC1CCCN1C(=O)Nc1ccc(CN)cc1. The number of benzene rings is 1. The normalized spacial score (nSPS) is 18.6. The lowest BCUT2D eigenvalue weighted by molar-refractivity contribution is 0.193. The molecule has 0 bridgehead atoms. The molecular formula is C15H24N4O. The molecule has 3 N–H and O–H groups in total. The van der Waals surface area contributed by atoms with E-state index in [1.54, 1.807) is 0 Å². The summed E-state index contributed by atoms with van der Waals surface area (Å²) in [6.45, 7) is 2.27. The second-order valence-corrected chi connectivity index (χ2v) is 5.58. The average molecular weight is 276 g/mol. The van der Waals surface area contributed by atoms with Crippen molar-refractivity contribution < 1.29 is 4.79 Å². The van der Waals surface area contributed by atoms with Crippen molar-refractivity contribution >= 4 is 11.7 Å². The highest BCUT2D eigenvalue weighted by Gasteiger charge is 2.28. The Kier molecular flexibility index (Phi) is 4.98. The molecule has 0 aliphatic carbocycles. The molecule has 1 fully saturated rings. The van der Waals surface area contributed by atoms with Gasteiger partial charge in [0.05, 0.1) is 0 Å². The van der Waals surface area contributed by atoms with Gasteiger partial charge < -0.3 is 20.9 Å². The van der Waals surface area contributed by atoms with Gasteiger partial charge in [-0.25, -0.2) is 4.79 Å². The molecule has 20 heavy (non-hydrogen) atoms. The Bertz CT molecular complexity index is 444. The van der Waals surface area contributed by atoms with Gasteiger partial charge in [-0.1, -0.05) is 12.1 Å². The van der Waals surface area contributed by atoms with E-state index in [-0.39, 0.29) is 6.03 Å². The van der Waals surface area contributed by atoms with Crippen LogP contribution in [0.5, 0.6) is 0 Å². The number of carbonyl (C=O) groups is 1. The monoisotopic (exact) mass is 276 g/mol. The minimum atomic E-state index is -0.00477. The average Bonchev–Trinajstić information content (AvgIpc) is 2.87. The first-order valence-corrected chi connectivity index (χ1v) is 7.11. The number of nitrogens with two attached hydrogens (primary N) is 1. The van der Waals surface area contributed by atoms with E-state index in [9.17, 15) is 4.79 Å². The maximum atomic E-state index is 12.3. The number of carbonyl (C=O) groups excluding carboxylic acids is 1. The van der Waals surface area contributed by atoms with Crippen molar-refractivity contribution in [1.82, 2.24) is 9.80 Å². The number of hydrogen-bond acceptors (Lipinski definition) is 3. The van der Waals surface area contributed by atoms with Crippen LogP contribution in [0.4, 0.5) is 10.5 Å². The third-order valence-corrected chi connectivity index (χ3v) is 3.65. The predicted molar refractivity (Wildman–Crippen MR) is 81.6 cm³/mol. The van der Waals surface area contributed by atoms with E-state index in [1.807, 2.05) is 43.3 Å². The van der Waals surface area contributed by atoms with E-state index in [0.717, 1.165) is 37.2 Å². The van der Waals surface area contributed by atoms with Gasteiger partial charge >= 0.3 is 6.03 Å². The standard InChI is InChI=1S/C15H24N4O/c1-18(2)11-14-4-3-9-19(14)15(20)17-13-7-5-12(10-16)6-8-13/h5-8,14H,3-4,9-11,16H2,1-2H3,(H,17,20). The van der Waals surface area contributed by atoms with Gasteiger partial charge in [0.25, 0.3) is 0 Å². The highest BCUT2D eigenvalue weighted by atomic mass is 16.2. The summed E-state index contributed by atoms with van der Waals surface area (Å²) in [5.41, 5.74) is 7.45. The van der Waals surface area contributed by atoms with Gasteiger partial charge in [0, 0.05) is 31.4 Å². The molecule has 110 valence electrons. The molecule has 1 unspecified atom stereocenters. The molecule has 1 heterocycles. The molecule has 0 saturated carbocycles. The molecule has 5 nitrogen and oxygen atoms in total. The van der Waals surface area contributed by atoms with Crippen molar-refractivity contribution in [3.05, 3.63) is 29.8 Å². The lowest BCUT2D eigenvalue weighted by atomic mass is 10.2. The summed E-state index contributed by atoms with van der Waals surface area (Å²) < 4.78 is 0. The van der Waals surface area contributed by atoms with Gasteiger partial charge in [0.1, 0.15) is 0 Å². The lowest BCUT2D eigenvalue weighted by Crippen LogP contribution is -2.43. The topological polar surface area (TPSA) is 61.6 Å². The Morgan fingerprint density at radius 1 is 1.40 bits per heavy atom. The Hall–Kier alpha value is -1.59. The maximum Gasteiger partial charge on any atom is 0.322 e. The first kappa shape index (κ1) is 14.8. The maximum absolute atomic E-state index is 12.3. The van der Waals surface area contributed by atoms with Crippen LogP contribution in [-0.2, 0) is 6.54 Å². The largest absolute Gasteiger partial charge is 0.326 e. The molecule has 0 spiro atoms. The number of amides is 2. The summed E-state index contributed by atoms with van der Waals surface area (Å²) in [6, 6.07) is 7.99. The first-order chi connectivity index (χ1) is 9.60. The van der Waals surface area contributed by atoms with Gasteiger partial charge in [0.2, 0.25) is 0 Å². The van der Waals surface area contributed by atoms with E-state index in [2.05, 4.69) is 10.2 Å². The molecule has 2 rings (SSSR count). The second kappa shape index (κ2) is 6.72. The number of likely N-dealkylation sites (N-methyl/N-ethyl adjacent to an activating group) is 1. The lowest BCUT2D eigenvalue weighted by Gasteiger charge is -2.27. The van der Waals surface area contributed by atoms with Crippen LogP contribution in [0.1, 0.15) is 18.4 Å². The third kappa shape index (κ3) is 3.71. The van der Waals surface area contributed by atoms with Gasteiger partial charge in [-0.15, -0.1) is 0 Å². The molecule has 1 aromatic rings. The molecule has 0 radical (unpaired) electrons. The van der Waals surface area contributed by atoms with Crippen LogP contribution < -0.4 is 11.1 Å². The summed E-state index contributed by atoms with van der Waals surface area (Å²) in [4.78, 5) is 16.4. The van der Waals surface area contributed by atoms with Crippen molar-refractivity contribution in [1.29, 1.82) is 0 Å². The van der Waals surface area contributed by atoms with Crippen LogP contribution in [0.2, 0.25) is 0 Å². The molecule has 1 aliphatic heterocycles. The zero-order valence-corrected chi connectivity index (χ0v) is 12.3. The van der Waals surface area contributed by atoms with Gasteiger partial charge in [-0.2, -0.15) is 0 Å². The first-order valence-electron chi connectivity index (χ1n) is 7.11. The quantitative estimate of drug-likeness (QED) is 0.880. The van der Waals surface area contributed by atoms with E-state index >= 15 is 0 Å². The highest BCUT2D eigenvalue weighted by molar-refractivity contribution is 5.89. The fourth-order valence-corrected chi connectivity index (χ4v) is 2.63. The smallest absolute Gasteiger partial charge is 0.322 e. The Balaban J connectivity index is 1.96. The number of rotatable bonds is 4. The fraction of sp³-hybridized carbons (Fsp3) is 0.533. The van der Waals surface area contributed by atoms with Gasteiger partial charge in [-0.3, -0.25) is 0 Å². The highest BCUT2D eigenvalue weighted by Crippen LogP contribution is 2.19. The van der Waals surface area contributed by atoms with Crippen LogP contribution in [0.25, 0.3) is 0 Å².